The van der Waals surface area contributed by atoms with E-state index in [-0.39, 0.29) is 17.5 Å². The van der Waals surface area contributed by atoms with Gasteiger partial charge < -0.3 is 0 Å². The molecule has 1 unspecified atom stereocenters. The number of nitrogens with zero attached hydrogens (tertiary/aromatic N) is 3. The van der Waals surface area contributed by atoms with Crippen LogP contribution in [0.1, 0.15) is 38.8 Å². The summed E-state index contributed by atoms with van der Waals surface area (Å²) in [6.07, 6.45) is 1.95. The number of Topliss-reactive ketones (excluding diaryl/α,β-unsaturated/α-hetero) is 1. The summed E-state index contributed by atoms with van der Waals surface area (Å²) in [5.74, 6) is 0.521. The molecule has 3 rings (SSSR count). The van der Waals surface area contributed by atoms with Gasteiger partial charge in [-0.05, 0) is 51.0 Å². The zero-order chi connectivity index (χ0) is 15.1. The Hall–Kier alpha value is -1.88. The summed E-state index contributed by atoms with van der Waals surface area (Å²) < 4.78 is 2.98. The molecule has 1 aliphatic rings. The highest BCUT2D eigenvalue weighted by Crippen LogP contribution is 2.36. The first-order valence-corrected chi connectivity index (χ1v) is 7.34. The fourth-order valence-corrected chi connectivity index (χ4v) is 2.40. The molecule has 1 aromatic heterocycles. The summed E-state index contributed by atoms with van der Waals surface area (Å²) in [4.78, 5) is 24.1. The van der Waals surface area contributed by atoms with E-state index in [4.69, 9.17) is 11.6 Å². The van der Waals surface area contributed by atoms with E-state index < -0.39 is 6.04 Å². The van der Waals surface area contributed by atoms with Crippen LogP contribution in [0.15, 0.2) is 29.1 Å². The Bertz CT molecular complexity index is 741. The van der Waals surface area contributed by atoms with E-state index in [0.29, 0.717) is 10.8 Å². The molecule has 1 saturated carbocycles. The number of ketones is 1. The molecule has 0 bridgehead atoms. The van der Waals surface area contributed by atoms with E-state index in [9.17, 15) is 9.59 Å². The van der Waals surface area contributed by atoms with E-state index in [0.717, 1.165) is 18.4 Å². The van der Waals surface area contributed by atoms with Crippen molar-refractivity contribution in [3.05, 3.63) is 39.8 Å². The molecule has 0 aliphatic heterocycles. The zero-order valence-corrected chi connectivity index (χ0v) is 12.7. The third kappa shape index (κ3) is 2.53. The molecule has 0 amide bonds. The molecule has 0 saturated heterocycles. The van der Waals surface area contributed by atoms with Gasteiger partial charge in [0.1, 0.15) is 6.04 Å². The second kappa shape index (κ2) is 5.15. The van der Waals surface area contributed by atoms with Gasteiger partial charge in [-0.2, -0.15) is 0 Å². The molecule has 0 N–H and O–H groups in total. The Morgan fingerprint density at radius 1 is 1.33 bits per heavy atom. The normalized spacial score (nSPS) is 16.0. The first kappa shape index (κ1) is 14.1. The molecule has 110 valence electrons. The average molecular weight is 306 g/mol. The molecule has 1 atom stereocenters. The Kier molecular flexibility index (Phi) is 3.45. The first-order valence-electron chi connectivity index (χ1n) is 6.96. The van der Waals surface area contributed by atoms with Gasteiger partial charge in [0, 0.05) is 16.6 Å². The molecule has 1 fully saturated rings. The summed E-state index contributed by atoms with van der Waals surface area (Å²) in [5.41, 5.74) is 0.614. The van der Waals surface area contributed by atoms with Gasteiger partial charge in [-0.15, -0.1) is 5.10 Å². The minimum Gasteiger partial charge on any atom is -0.298 e. The molecule has 6 heteroatoms. The lowest BCUT2D eigenvalue weighted by Crippen LogP contribution is -2.29. The van der Waals surface area contributed by atoms with Gasteiger partial charge in [0.05, 0.1) is 0 Å². The van der Waals surface area contributed by atoms with Gasteiger partial charge in [-0.1, -0.05) is 11.6 Å². The molecular weight excluding hydrogens is 290 g/mol. The molecule has 2 aromatic rings. The third-order valence-corrected chi connectivity index (χ3v) is 4.05. The predicted molar refractivity (Wildman–Crippen MR) is 80.6 cm³/mol. The Morgan fingerprint density at radius 3 is 2.48 bits per heavy atom. The summed E-state index contributed by atoms with van der Waals surface area (Å²) >= 11 is 5.90. The SMILES string of the molecule is CC(=O)C(C)n1nc(-c2ccc(Cl)cc2)n(C2CC2)c1=O. The lowest BCUT2D eigenvalue weighted by atomic mass is 10.2. The summed E-state index contributed by atoms with van der Waals surface area (Å²) in [6.45, 7) is 3.16. The Labute approximate surface area is 127 Å². The lowest BCUT2D eigenvalue weighted by molar-refractivity contribution is -0.119. The van der Waals surface area contributed by atoms with Crippen LogP contribution < -0.4 is 5.69 Å². The largest absolute Gasteiger partial charge is 0.347 e. The Balaban J connectivity index is 2.15. The molecule has 5 nitrogen and oxygen atoms in total. The van der Waals surface area contributed by atoms with Crippen LogP contribution in [0, 0.1) is 0 Å². The van der Waals surface area contributed by atoms with Crippen molar-refractivity contribution in [1.29, 1.82) is 0 Å². The maximum atomic E-state index is 12.5. The number of carbonyl (C=O) groups excluding carboxylic acids is 1. The summed E-state index contributed by atoms with van der Waals surface area (Å²) in [6, 6.07) is 6.86. The number of benzene rings is 1. The monoisotopic (exact) mass is 305 g/mol. The molecule has 1 aliphatic carbocycles. The van der Waals surface area contributed by atoms with Crippen molar-refractivity contribution in [2.75, 3.05) is 0 Å². The van der Waals surface area contributed by atoms with Crippen molar-refractivity contribution in [3.63, 3.8) is 0 Å². The van der Waals surface area contributed by atoms with Crippen LogP contribution in [0.5, 0.6) is 0 Å². The number of carbonyl (C=O) groups is 1. The number of hydrogen-bond acceptors (Lipinski definition) is 3. The van der Waals surface area contributed by atoms with E-state index in [1.165, 1.54) is 11.6 Å². The predicted octanol–water partition coefficient (Wildman–Crippen LogP) is 2.85. The van der Waals surface area contributed by atoms with Crippen LogP contribution in [0.3, 0.4) is 0 Å². The van der Waals surface area contributed by atoms with Crippen molar-refractivity contribution in [1.82, 2.24) is 14.3 Å². The van der Waals surface area contributed by atoms with Crippen LogP contribution in [0.4, 0.5) is 0 Å². The Morgan fingerprint density at radius 2 is 1.95 bits per heavy atom. The quantitative estimate of drug-likeness (QED) is 0.872. The standard InChI is InChI=1S/C15H16ClN3O2/c1-9(10(2)20)19-15(21)18(13-7-8-13)14(17-19)11-3-5-12(16)6-4-11/h3-6,9,13H,7-8H2,1-2H3. The van der Waals surface area contributed by atoms with E-state index in [1.54, 1.807) is 23.6 Å². The third-order valence-electron chi connectivity index (χ3n) is 3.80. The number of rotatable bonds is 4. The molecule has 0 spiro atoms. The van der Waals surface area contributed by atoms with Crippen LogP contribution >= 0.6 is 11.6 Å². The second-order valence-corrected chi connectivity index (χ2v) is 5.88. The summed E-state index contributed by atoms with van der Waals surface area (Å²) in [7, 11) is 0. The van der Waals surface area contributed by atoms with E-state index in [1.807, 2.05) is 12.1 Å². The smallest absolute Gasteiger partial charge is 0.298 e. The maximum Gasteiger partial charge on any atom is 0.347 e. The van der Waals surface area contributed by atoms with Gasteiger partial charge >= 0.3 is 5.69 Å². The highest BCUT2D eigenvalue weighted by atomic mass is 35.5. The maximum absolute atomic E-state index is 12.5. The molecule has 0 radical (unpaired) electrons. The van der Waals surface area contributed by atoms with Gasteiger partial charge in [0.15, 0.2) is 11.6 Å². The molecule has 1 heterocycles. The number of aromatic nitrogens is 3. The van der Waals surface area contributed by atoms with Crippen LogP contribution in [0.25, 0.3) is 11.4 Å². The van der Waals surface area contributed by atoms with E-state index in [2.05, 4.69) is 5.10 Å². The number of halogens is 1. The van der Waals surface area contributed by atoms with Gasteiger partial charge in [0.25, 0.3) is 0 Å². The first-order chi connectivity index (χ1) is 9.99. The van der Waals surface area contributed by atoms with Gasteiger partial charge in [0.2, 0.25) is 0 Å². The average Bonchev–Trinajstić information content (AvgIpc) is 3.22. The fourth-order valence-electron chi connectivity index (χ4n) is 2.28. The van der Waals surface area contributed by atoms with Crippen LogP contribution in [-0.2, 0) is 4.79 Å². The zero-order valence-electron chi connectivity index (χ0n) is 11.9. The fraction of sp³-hybridized carbons (Fsp3) is 0.400. The number of hydrogen-bond donors (Lipinski definition) is 0. The minimum atomic E-state index is -0.552. The minimum absolute atomic E-state index is 0.0831. The highest BCUT2D eigenvalue weighted by Gasteiger charge is 2.31. The van der Waals surface area contributed by atoms with Crippen molar-refractivity contribution in [2.45, 2.75) is 38.8 Å². The van der Waals surface area contributed by atoms with Crippen LogP contribution in [0.2, 0.25) is 5.02 Å². The van der Waals surface area contributed by atoms with Gasteiger partial charge in [-0.25, -0.2) is 9.48 Å². The molecule has 1 aromatic carbocycles. The van der Waals surface area contributed by atoms with Crippen molar-refractivity contribution < 1.29 is 4.79 Å². The molecular formula is C15H16ClN3O2. The van der Waals surface area contributed by atoms with Crippen molar-refractivity contribution in [2.24, 2.45) is 0 Å². The summed E-state index contributed by atoms with van der Waals surface area (Å²) in [5, 5.41) is 5.03. The van der Waals surface area contributed by atoms with E-state index >= 15 is 0 Å². The van der Waals surface area contributed by atoms with Crippen molar-refractivity contribution >= 4 is 17.4 Å². The topological polar surface area (TPSA) is 56.9 Å². The highest BCUT2D eigenvalue weighted by molar-refractivity contribution is 6.30. The van der Waals surface area contributed by atoms with Crippen LogP contribution in [-0.4, -0.2) is 20.1 Å². The van der Waals surface area contributed by atoms with Crippen molar-refractivity contribution in [3.8, 4) is 11.4 Å². The lowest BCUT2D eigenvalue weighted by Gasteiger charge is -2.04. The second-order valence-electron chi connectivity index (χ2n) is 5.45. The van der Waals surface area contributed by atoms with Gasteiger partial charge in [-0.3, -0.25) is 9.36 Å². The molecule has 21 heavy (non-hydrogen) atoms.